The molecule has 1 aliphatic rings. The van der Waals surface area contributed by atoms with Crippen molar-refractivity contribution in [3.8, 4) is 0 Å². The van der Waals surface area contributed by atoms with Crippen LogP contribution in [0.5, 0.6) is 0 Å². The van der Waals surface area contributed by atoms with Gasteiger partial charge in [-0.1, -0.05) is 6.92 Å². The molecule has 2 rings (SSSR count). The third-order valence-corrected chi connectivity index (χ3v) is 4.09. The van der Waals surface area contributed by atoms with Gasteiger partial charge in [0.1, 0.15) is 11.6 Å². The number of hydrogen-bond acceptors (Lipinski definition) is 3. The zero-order valence-corrected chi connectivity index (χ0v) is 12.3. The number of likely N-dealkylation sites (tertiary alicyclic amines) is 1. The second kappa shape index (κ2) is 6.53. The maximum absolute atomic E-state index is 13.2. The number of likely N-dealkylation sites (N-methyl/N-ethyl adjacent to an activating group) is 2. The number of halogens is 2. The third-order valence-electron chi connectivity index (χ3n) is 3.80. The van der Waals surface area contributed by atoms with Crippen LogP contribution < -0.4 is 4.90 Å². The number of nitrogens with zero attached hydrogens (tertiary/aromatic N) is 3. The van der Waals surface area contributed by atoms with Crippen molar-refractivity contribution in [2.75, 3.05) is 31.6 Å². The van der Waals surface area contributed by atoms with E-state index in [2.05, 4.69) is 21.7 Å². The summed E-state index contributed by atoms with van der Waals surface area (Å²) in [5.74, 6) is 0.746. The van der Waals surface area contributed by atoms with Crippen molar-refractivity contribution in [1.29, 1.82) is 0 Å². The van der Waals surface area contributed by atoms with Gasteiger partial charge in [-0.2, -0.15) is 0 Å². The van der Waals surface area contributed by atoms with Gasteiger partial charge < -0.3 is 4.90 Å². The van der Waals surface area contributed by atoms with Gasteiger partial charge in [-0.25, -0.2) is 9.37 Å². The average Bonchev–Trinajstić information content (AvgIpc) is 2.85. The first-order valence-corrected chi connectivity index (χ1v) is 7.34. The third kappa shape index (κ3) is 3.37. The van der Waals surface area contributed by atoms with Crippen LogP contribution in [-0.2, 0) is 5.88 Å². The molecule has 1 unspecified atom stereocenters. The van der Waals surface area contributed by atoms with Gasteiger partial charge in [0.25, 0.3) is 0 Å². The summed E-state index contributed by atoms with van der Waals surface area (Å²) in [6.45, 7) is 5.36. The van der Waals surface area contributed by atoms with Crippen molar-refractivity contribution in [2.24, 2.45) is 0 Å². The van der Waals surface area contributed by atoms with Crippen LogP contribution in [-0.4, -0.2) is 42.6 Å². The first-order chi connectivity index (χ1) is 9.15. The van der Waals surface area contributed by atoms with Crippen molar-refractivity contribution in [3.63, 3.8) is 0 Å². The predicted molar refractivity (Wildman–Crippen MR) is 77.3 cm³/mol. The van der Waals surface area contributed by atoms with E-state index in [-0.39, 0.29) is 11.7 Å². The molecule has 0 aromatic carbocycles. The molecule has 2 heterocycles. The van der Waals surface area contributed by atoms with Gasteiger partial charge >= 0.3 is 0 Å². The monoisotopic (exact) mass is 285 g/mol. The molecule has 106 valence electrons. The van der Waals surface area contributed by atoms with Crippen LogP contribution in [0, 0.1) is 5.82 Å². The molecule has 1 fully saturated rings. The fraction of sp³-hybridized carbons (Fsp3) is 0.643. The summed E-state index contributed by atoms with van der Waals surface area (Å²) in [5, 5.41) is 0. The molecular formula is C14H21ClFN3. The van der Waals surface area contributed by atoms with Crippen molar-refractivity contribution < 1.29 is 4.39 Å². The molecule has 1 aliphatic heterocycles. The number of pyridine rings is 1. The van der Waals surface area contributed by atoms with E-state index in [0.29, 0.717) is 6.04 Å². The Morgan fingerprint density at radius 2 is 2.37 bits per heavy atom. The highest BCUT2D eigenvalue weighted by atomic mass is 35.5. The number of alkyl halides is 1. The van der Waals surface area contributed by atoms with Gasteiger partial charge in [-0.3, -0.25) is 4.90 Å². The molecule has 0 saturated carbocycles. The highest BCUT2D eigenvalue weighted by Crippen LogP contribution is 2.23. The maximum atomic E-state index is 13.2. The highest BCUT2D eigenvalue weighted by molar-refractivity contribution is 6.17. The topological polar surface area (TPSA) is 19.4 Å². The summed E-state index contributed by atoms with van der Waals surface area (Å²) < 4.78 is 13.2. The quantitative estimate of drug-likeness (QED) is 0.776. The van der Waals surface area contributed by atoms with Crippen molar-refractivity contribution in [2.45, 2.75) is 31.7 Å². The molecule has 0 spiro atoms. The van der Waals surface area contributed by atoms with Crippen LogP contribution in [0.1, 0.15) is 25.3 Å². The first kappa shape index (κ1) is 14.5. The van der Waals surface area contributed by atoms with Crippen LogP contribution in [0.25, 0.3) is 0 Å². The second-order valence-electron chi connectivity index (χ2n) is 5.08. The molecular weight excluding hydrogens is 265 g/mol. The minimum Gasteiger partial charge on any atom is -0.358 e. The fourth-order valence-electron chi connectivity index (χ4n) is 2.84. The van der Waals surface area contributed by atoms with E-state index in [9.17, 15) is 4.39 Å². The number of hydrogen-bond donors (Lipinski definition) is 0. The standard InChI is InChI=1S/C14H21ClFN3/c1-3-19-6-4-5-13(19)10-18(2)14-11(8-15)7-12(16)9-17-14/h7,9,13H,3-6,8,10H2,1-2H3. The Morgan fingerprint density at radius 1 is 1.58 bits per heavy atom. The van der Waals surface area contributed by atoms with E-state index in [1.165, 1.54) is 31.6 Å². The normalized spacial score (nSPS) is 19.9. The Bertz CT molecular complexity index is 427. The van der Waals surface area contributed by atoms with Gasteiger partial charge in [0.2, 0.25) is 0 Å². The summed E-state index contributed by atoms with van der Waals surface area (Å²) in [4.78, 5) is 8.77. The van der Waals surface area contributed by atoms with E-state index >= 15 is 0 Å². The Morgan fingerprint density at radius 3 is 3.05 bits per heavy atom. The number of aromatic nitrogens is 1. The Hall–Kier alpha value is -0.870. The lowest BCUT2D eigenvalue weighted by molar-refractivity contribution is 0.270. The van der Waals surface area contributed by atoms with E-state index in [1.807, 2.05) is 7.05 Å². The van der Waals surface area contributed by atoms with Gasteiger partial charge in [0.15, 0.2) is 0 Å². The summed E-state index contributed by atoms with van der Waals surface area (Å²) in [7, 11) is 2.00. The van der Waals surface area contributed by atoms with E-state index in [4.69, 9.17) is 11.6 Å². The SMILES string of the molecule is CCN1CCCC1CN(C)c1ncc(F)cc1CCl. The van der Waals surface area contributed by atoms with Crippen LogP contribution >= 0.6 is 11.6 Å². The van der Waals surface area contributed by atoms with Gasteiger partial charge in [-0.15, -0.1) is 11.6 Å². The molecule has 0 radical (unpaired) electrons. The lowest BCUT2D eigenvalue weighted by atomic mass is 10.2. The molecule has 3 nitrogen and oxygen atoms in total. The van der Waals surface area contributed by atoms with Crippen molar-refractivity contribution >= 4 is 17.4 Å². The molecule has 0 bridgehead atoms. The first-order valence-electron chi connectivity index (χ1n) is 6.81. The zero-order chi connectivity index (χ0) is 13.8. The van der Waals surface area contributed by atoms with Gasteiger partial charge in [0, 0.05) is 25.2 Å². The lowest BCUT2D eigenvalue weighted by Crippen LogP contribution is -2.39. The van der Waals surface area contributed by atoms with Crippen LogP contribution in [0.3, 0.4) is 0 Å². The zero-order valence-electron chi connectivity index (χ0n) is 11.6. The smallest absolute Gasteiger partial charge is 0.141 e. The Labute approximate surface area is 119 Å². The molecule has 0 aliphatic carbocycles. The Kier molecular flexibility index (Phi) is 4.99. The second-order valence-corrected chi connectivity index (χ2v) is 5.34. The molecule has 0 amide bonds. The fourth-order valence-corrected chi connectivity index (χ4v) is 3.03. The predicted octanol–water partition coefficient (Wildman–Crippen LogP) is 2.88. The van der Waals surface area contributed by atoms with Gasteiger partial charge in [0.05, 0.1) is 12.1 Å². The number of rotatable bonds is 5. The minimum atomic E-state index is -0.330. The largest absolute Gasteiger partial charge is 0.358 e. The summed E-state index contributed by atoms with van der Waals surface area (Å²) in [5.41, 5.74) is 0.755. The summed E-state index contributed by atoms with van der Waals surface area (Å²) in [6, 6.07) is 2.03. The Balaban J connectivity index is 2.09. The summed E-state index contributed by atoms with van der Waals surface area (Å²) >= 11 is 5.88. The van der Waals surface area contributed by atoms with Crippen LogP contribution in [0.15, 0.2) is 12.3 Å². The molecule has 19 heavy (non-hydrogen) atoms. The molecule has 5 heteroatoms. The van der Waals surface area contributed by atoms with Crippen LogP contribution in [0.2, 0.25) is 0 Å². The maximum Gasteiger partial charge on any atom is 0.141 e. The van der Waals surface area contributed by atoms with E-state index in [1.54, 1.807) is 0 Å². The molecule has 0 N–H and O–H groups in total. The number of anilines is 1. The molecule has 1 aromatic heterocycles. The minimum absolute atomic E-state index is 0.284. The average molecular weight is 286 g/mol. The lowest BCUT2D eigenvalue weighted by Gasteiger charge is -2.29. The molecule has 1 atom stereocenters. The van der Waals surface area contributed by atoms with E-state index < -0.39 is 0 Å². The van der Waals surface area contributed by atoms with E-state index in [0.717, 1.165) is 24.5 Å². The van der Waals surface area contributed by atoms with Crippen molar-refractivity contribution in [3.05, 3.63) is 23.6 Å². The van der Waals surface area contributed by atoms with Crippen LogP contribution in [0.4, 0.5) is 10.2 Å². The van der Waals surface area contributed by atoms with Gasteiger partial charge in [-0.05, 0) is 32.0 Å². The van der Waals surface area contributed by atoms with Crippen molar-refractivity contribution in [1.82, 2.24) is 9.88 Å². The molecule has 1 aromatic rings. The highest BCUT2D eigenvalue weighted by Gasteiger charge is 2.25. The molecule has 1 saturated heterocycles. The summed E-state index contributed by atoms with van der Waals surface area (Å²) in [6.07, 6.45) is 3.73.